The fraction of sp³-hybridized carbons (Fsp3) is 0.684. The maximum absolute atomic E-state index is 11.8. The molecule has 0 spiro atoms. The molecule has 0 saturated heterocycles. The Morgan fingerprint density at radius 2 is 2.00 bits per heavy atom. The van der Waals surface area contributed by atoms with Gasteiger partial charge in [0.25, 0.3) is 11.6 Å². The van der Waals surface area contributed by atoms with Gasteiger partial charge in [0.15, 0.2) is 0 Å². The molecule has 1 aliphatic rings. The fourth-order valence-corrected chi connectivity index (χ4v) is 3.70. The van der Waals surface area contributed by atoms with Crippen LogP contribution in [0, 0.1) is 5.92 Å². The van der Waals surface area contributed by atoms with Crippen LogP contribution in [0.25, 0.3) is 5.78 Å². The Bertz CT molecular complexity index is 765. The number of rotatable bonds is 6. The van der Waals surface area contributed by atoms with Crippen LogP contribution in [0.1, 0.15) is 81.5 Å². The molecule has 1 fully saturated rings. The van der Waals surface area contributed by atoms with Gasteiger partial charge in [-0.3, -0.25) is 0 Å². The van der Waals surface area contributed by atoms with Gasteiger partial charge >= 0.3 is 5.97 Å². The Hall–Kier alpha value is -2.18. The Labute approximate surface area is 154 Å². The van der Waals surface area contributed by atoms with E-state index >= 15 is 0 Å². The molecular formula is C19H29N5O2. The molecule has 1 atom stereocenters. The van der Waals surface area contributed by atoms with E-state index < -0.39 is 5.97 Å². The molecule has 7 nitrogen and oxygen atoms in total. The summed E-state index contributed by atoms with van der Waals surface area (Å²) < 4.78 is 6.35. The van der Waals surface area contributed by atoms with Gasteiger partial charge in [0.05, 0.1) is 12.8 Å². The summed E-state index contributed by atoms with van der Waals surface area (Å²) in [7, 11) is 1.33. The highest BCUT2D eigenvalue weighted by atomic mass is 16.5. The molecule has 0 radical (unpaired) electrons. The predicted molar refractivity (Wildman–Crippen MR) is 100 cm³/mol. The number of esters is 1. The molecule has 1 N–H and O–H groups in total. The van der Waals surface area contributed by atoms with E-state index in [0.29, 0.717) is 11.8 Å². The first-order valence-corrected chi connectivity index (χ1v) is 9.60. The number of ether oxygens (including phenoxy) is 1. The van der Waals surface area contributed by atoms with Crippen LogP contribution in [0.15, 0.2) is 6.07 Å². The summed E-state index contributed by atoms with van der Waals surface area (Å²) in [6.45, 7) is 6.38. The minimum atomic E-state index is -0.553. The van der Waals surface area contributed by atoms with Crippen LogP contribution >= 0.6 is 0 Å². The number of fused-ring (bicyclic) bond motifs is 1. The second-order valence-electron chi connectivity index (χ2n) is 7.64. The summed E-state index contributed by atoms with van der Waals surface area (Å²) in [6.07, 6.45) is 7.85. The number of carbonyl (C=O) groups is 1. The Balaban J connectivity index is 1.86. The van der Waals surface area contributed by atoms with Crippen molar-refractivity contribution in [2.24, 2.45) is 5.92 Å². The Kier molecular flexibility index (Phi) is 5.74. The number of carbonyl (C=O) groups excluding carboxylic acids is 1. The molecule has 3 rings (SSSR count). The molecule has 2 heterocycles. The number of methoxy groups -OCH3 is 1. The van der Waals surface area contributed by atoms with Gasteiger partial charge in [0.1, 0.15) is 5.82 Å². The van der Waals surface area contributed by atoms with Gasteiger partial charge in [-0.1, -0.05) is 46.0 Å². The van der Waals surface area contributed by atoms with Crippen molar-refractivity contribution in [3.8, 4) is 0 Å². The van der Waals surface area contributed by atoms with Gasteiger partial charge in [0.2, 0.25) is 0 Å². The standard InChI is InChI=1S/C19H29N5O2/c1-12(2)15-11-16(20-13(3)10-14-8-6-5-7-9-14)24-19(21-15)22-17(23-24)18(25)26-4/h11-14,20H,5-10H2,1-4H3/t13-/m1/s1. The quantitative estimate of drug-likeness (QED) is 0.790. The van der Waals surface area contributed by atoms with Gasteiger partial charge in [-0.05, 0) is 25.2 Å². The summed E-state index contributed by atoms with van der Waals surface area (Å²) in [5, 5.41) is 7.86. The molecule has 0 unspecified atom stereocenters. The van der Waals surface area contributed by atoms with Gasteiger partial charge in [-0.25, -0.2) is 9.78 Å². The normalized spacial score (nSPS) is 16.8. The van der Waals surface area contributed by atoms with Gasteiger partial charge in [0, 0.05) is 12.1 Å². The molecule has 2 aromatic rings. The topological polar surface area (TPSA) is 81.4 Å². The maximum Gasteiger partial charge on any atom is 0.378 e. The fourth-order valence-electron chi connectivity index (χ4n) is 3.70. The highest BCUT2D eigenvalue weighted by Crippen LogP contribution is 2.28. The van der Waals surface area contributed by atoms with E-state index in [1.54, 1.807) is 4.52 Å². The van der Waals surface area contributed by atoms with Crippen molar-refractivity contribution in [1.29, 1.82) is 0 Å². The smallest absolute Gasteiger partial charge is 0.378 e. The highest BCUT2D eigenvalue weighted by molar-refractivity contribution is 5.85. The lowest BCUT2D eigenvalue weighted by Gasteiger charge is -2.25. The lowest BCUT2D eigenvalue weighted by atomic mass is 9.85. The molecule has 0 bridgehead atoms. The number of hydrogen-bond acceptors (Lipinski definition) is 6. The lowest BCUT2D eigenvalue weighted by Crippen LogP contribution is -2.23. The second-order valence-corrected chi connectivity index (χ2v) is 7.64. The van der Waals surface area contributed by atoms with Crippen molar-refractivity contribution in [1.82, 2.24) is 19.6 Å². The molecule has 2 aromatic heterocycles. The zero-order chi connectivity index (χ0) is 18.7. The van der Waals surface area contributed by atoms with Crippen molar-refractivity contribution >= 4 is 17.6 Å². The molecule has 0 aromatic carbocycles. The van der Waals surface area contributed by atoms with Crippen LogP contribution in [0.3, 0.4) is 0 Å². The van der Waals surface area contributed by atoms with E-state index in [-0.39, 0.29) is 11.7 Å². The van der Waals surface area contributed by atoms with Gasteiger partial charge in [-0.15, -0.1) is 5.10 Å². The van der Waals surface area contributed by atoms with E-state index in [1.807, 2.05) is 6.07 Å². The van der Waals surface area contributed by atoms with Crippen molar-refractivity contribution in [2.75, 3.05) is 12.4 Å². The summed E-state index contributed by atoms with van der Waals surface area (Å²) in [5.41, 5.74) is 0.925. The molecule has 26 heavy (non-hydrogen) atoms. The third-order valence-corrected chi connectivity index (χ3v) is 5.10. The minimum Gasteiger partial charge on any atom is -0.463 e. The van der Waals surface area contributed by atoms with Crippen molar-refractivity contribution in [3.05, 3.63) is 17.6 Å². The van der Waals surface area contributed by atoms with Crippen molar-refractivity contribution in [3.63, 3.8) is 0 Å². The predicted octanol–water partition coefficient (Wildman–Crippen LogP) is 3.81. The van der Waals surface area contributed by atoms with Crippen LogP contribution in [-0.4, -0.2) is 38.7 Å². The molecule has 0 amide bonds. The van der Waals surface area contributed by atoms with Gasteiger partial charge < -0.3 is 10.1 Å². The van der Waals surface area contributed by atoms with Crippen LogP contribution in [-0.2, 0) is 4.74 Å². The zero-order valence-electron chi connectivity index (χ0n) is 16.2. The first-order chi connectivity index (χ1) is 12.5. The number of anilines is 1. The average Bonchev–Trinajstić information content (AvgIpc) is 3.06. The first-order valence-electron chi connectivity index (χ1n) is 9.60. The average molecular weight is 359 g/mol. The largest absolute Gasteiger partial charge is 0.463 e. The Morgan fingerprint density at radius 1 is 1.27 bits per heavy atom. The summed E-state index contributed by atoms with van der Waals surface area (Å²) in [4.78, 5) is 20.6. The molecule has 0 aliphatic heterocycles. The first kappa shape index (κ1) is 18.6. The Morgan fingerprint density at radius 3 is 2.65 bits per heavy atom. The third kappa shape index (κ3) is 4.14. The summed E-state index contributed by atoms with van der Waals surface area (Å²) in [5.74, 6) is 1.77. The minimum absolute atomic E-state index is 0.0314. The van der Waals surface area contributed by atoms with E-state index in [0.717, 1.165) is 23.9 Å². The van der Waals surface area contributed by atoms with E-state index in [4.69, 9.17) is 4.74 Å². The molecule has 1 saturated carbocycles. The highest BCUT2D eigenvalue weighted by Gasteiger charge is 2.20. The molecule has 1 aliphatic carbocycles. The van der Waals surface area contributed by atoms with Crippen molar-refractivity contribution in [2.45, 2.75) is 71.3 Å². The van der Waals surface area contributed by atoms with E-state index in [9.17, 15) is 4.79 Å². The number of hydrogen-bond donors (Lipinski definition) is 1. The van der Waals surface area contributed by atoms with Crippen LogP contribution in [0.4, 0.5) is 5.82 Å². The third-order valence-electron chi connectivity index (χ3n) is 5.10. The SMILES string of the molecule is COC(=O)c1nc2nc(C(C)C)cc(N[C@H](C)CC3CCCCC3)n2n1. The monoisotopic (exact) mass is 359 g/mol. The summed E-state index contributed by atoms with van der Waals surface area (Å²) >= 11 is 0. The van der Waals surface area contributed by atoms with Crippen LogP contribution in [0.5, 0.6) is 0 Å². The van der Waals surface area contributed by atoms with Crippen LogP contribution in [0.2, 0.25) is 0 Å². The van der Waals surface area contributed by atoms with Gasteiger partial charge in [-0.2, -0.15) is 9.50 Å². The van der Waals surface area contributed by atoms with Crippen molar-refractivity contribution < 1.29 is 9.53 Å². The zero-order valence-corrected chi connectivity index (χ0v) is 16.2. The van der Waals surface area contributed by atoms with Crippen LogP contribution < -0.4 is 5.32 Å². The second kappa shape index (κ2) is 8.01. The molecule has 7 heteroatoms. The van der Waals surface area contributed by atoms with E-state index in [2.05, 4.69) is 41.2 Å². The maximum atomic E-state index is 11.8. The molecule has 142 valence electrons. The number of nitrogens with zero attached hydrogens (tertiary/aromatic N) is 4. The summed E-state index contributed by atoms with van der Waals surface area (Å²) in [6, 6.07) is 2.32. The number of nitrogens with one attached hydrogen (secondary N) is 1. The van der Waals surface area contributed by atoms with E-state index in [1.165, 1.54) is 39.2 Å². The lowest BCUT2D eigenvalue weighted by molar-refractivity contribution is 0.0587. The number of aromatic nitrogens is 4. The molecular weight excluding hydrogens is 330 g/mol.